The van der Waals surface area contributed by atoms with Gasteiger partial charge >= 0.3 is 0 Å². The summed E-state index contributed by atoms with van der Waals surface area (Å²) in [7, 11) is -0.530. The Bertz CT molecular complexity index is 611. The molecule has 1 unspecified atom stereocenters. The van der Waals surface area contributed by atoms with Crippen LogP contribution < -0.4 is 15.2 Å². The molecule has 1 aliphatic rings. The monoisotopic (exact) mass is 299 g/mol. The maximum absolute atomic E-state index is 12.0. The first-order valence-corrected chi connectivity index (χ1v) is 7.83. The van der Waals surface area contributed by atoms with Crippen LogP contribution in [-0.4, -0.2) is 32.4 Å². The molecular formula is C13H21N3O3S. The smallest absolute Gasteiger partial charge is 0.279 e. The Hall–Kier alpha value is -1.31. The van der Waals surface area contributed by atoms with Gasteiger partial charge in [0.05, 0.1) is 6.04 Å². The van der Waals surface area contributed by atoms with Crippen molar-refractivity contribution >= 4 is 15.9 Å². The first-order chi connectivity index (χ1) is 9.11. The Morgan fingerprint density at radius 1 is 1.40 bits per heavy atom. The second-order valence-corrected chi connectivity index (χ2v) is 7.74. The summed E-state index contributed by atoms with van der Waals surface area (Å²) in [6, 6.07) is 4.93. The number of benzene rings is 1. The largest absolute Gasteiger partial charge is 0.487 e. The van der Waals surface area contributed by atoms with E-state index in [4.69, 9.17) is 10.5 Å². The van der Waals surface area contributed by atoms with Crippen molar-refractivity contribution in [3.05, 3.63) is 23.8 Å². The van der Waals surface area contributed by atoms with Crippen LogP contribution in [0.1, 0.15) is 31.9 Å². The fourth-order valence-corrected chi connectivity index (χ4v) is 3.04. The number of hydrogen-bond donors (Lipinski definition) is 2. The third kappa shape index (κ3) is 3.05. The van der Waals surface area contributed by atoms with Crippen molar-refractivity contribution in [3.8, 4) is 5.75 Å². The van der Waals surface area contributed by atoms with Gasteiger partial charge in [-0.25, -0.2) is 0 Å². The van der Waals surface area contributed by atoms with Gasteiger partial charge in [-0.2, -0.15) is 17.4 Å². The van der Waals surface area contributed by atoms with Gasteiger partial charge in [0.2, 0.25) is 0 Å². The first kappa shape index (κ1) is 15.1. The minimum Gasteiger partial charge on any atom is -0.487 e. The van der Waals surface area contributed by atoms with Crippen molar-refractivity contribution in [2.75, 3.05) is 19.8 Å². The highest BCUT2D eigenvalue weighted by Gasteiger charge is 2.36. The molecule has 0 aliphatic carbocycles. The normalized spacial score (nSPS) is 21.4. The molecule has 1 aromatic rings. The lowest BCUT2D eigenvalue weighted by molar-refractivity contribution is 0.0700. The molecule has 0 radical (unpaired) electrons. The number of nitrogen functional groups attached to an aromatic ring is 1. The standard InChI is InChI=1S/C13H21N3O3S/c1-13(2)8-11(15-20(17,18)16(3)4)10-7-9(14)5-6-12(10)19-13/h5-7,11,15H,8,14H2,1-4H3. The van der Waals surface area contributed by atoms with Gasteiger partial charge in [-0.05, 0) is 32.0 Å². The van der Waals surface area contributed by atoms with Gasteiger partial charge in [0, 0.05) is 31.8 Å². The maximum atomic E-state index is 12.0. The van der Waals surface area contributed by atoms with Crippen LogP contribution in [0.25, 0.3) is 0 Å². The van der Waals surface area contributed by atoms with Gasteiger partial charge < -0.3 is 10.5 Å². The van der Waals surface area contributed by atoms with E-state index < -0.39 is 15.8 Å². The summed E-state index contributed by atoms with van der Waals surface area (Å²) in [4.78, 5) is 0. The second-order valence-electron chi connectivity index (χ2n) is 5.82. The number of ether oxygens (including phenoxy) is 1. The Balaban J connectivity index is 2.41. The van der Waals surface area contributed by atoms with E-state index in [9.17, 15) is 8.42 Å². The molecule has 3 N–H and O–H groups in total. The molecule has 7 heteroatoms. The van der Waals surface area contributed by atoms with E-state index in [1.165, 1.54) is 14.1 Å². The number of fused-ring (bicyclic) bond motifs is 1. The highest BCUT2D eigenvalue weighted by Crippen LogP contribution is 2.40. The van der Waals surface area contributed by atoms with Gasteiger partial charge in [-0.15, -0.1) is 0 Å². The highest BCUT2D eigenvalue weighted by molar-refractivity contribution is 7.87. The fraction of sp³-hybridized carbons (Fsp3) is 0.538. The second kappa shape index (κ2) is 4.91. The van der Waals surface area contributed by atoms with E-state index in [2.05, 4.69) is 4.72 Å². The van der Waals surface area contributed by atoms with Gasteiger partial charge in [0.15, 0.2) is 0 Å². The molecule has 0 saturated carbocycles. The van der Waals surface area contributed by atoms with Crippen molar-refractivity contribution < 1.29 is 13.2 Å². The first-order valence-electron chi connectivity index (χ1n) is 6.39. The number of hydrogen-bond acceptors (Lipinski definition) is 4. The number of anilines is 1. The molecule has 112 valence electrons. The molecule has 20 heavy (non-hydrogen) atoms. The van der Waals surface area contributed by atoms with E-state index in [1.54, 1.807) is 18.2 Å². The lowest BCUT2D eigenvalue weighted by Crippen LogP contribution is -2.44. The number of rotatable bonds is 3. The van der Waals surface area contributed by atoms with E-state index in [0.29, 0.717) is 17.9 Å². The molecule has 6 nitrogen and oxygen atoms in total. The van der Waals surface area contributed by atoms with Gasteiger partial charge in [0.25, 0.3) is 10.2 Å². The van der Waals surface area contributed by atoms with Crippen LogP contribution in [0.15, 0.2) is 18.2 Å². The van der Waals surface area contributed by atoms with Gasteiger partial charge in [-0.3, -0.25) is 0 Å². The van der Waals surface area contributed by atoms with Crippen LogP contribution in [0.2, 0.25) is 0 Å². The Morgan fingerprint density at radius 2 is 2.05 bits per heavy atom. The van der Waals surface area contributed by atoms with Gasteiger partial charge in [-0.1, -0.05) is 0 Å². The molecule has 0 fully saturated rings. The van der Waals surface area contributed by atoms with Crippen molar-refractivity contribution in [1.82, 2.24) is 9.03 Å². The van der Waals surface area contributed by atoms with Gasteiger partial charge in [0.1, 0.15) is 11.4 Å². The summed E-state index contributed by atoms with van der Waals surface area (Å²) in [6.45, 7) is 3.87. The number of nitrogens with two attached hydrogens (primary N) is 1. The van der Waals surface area contributed by atoms with Crippen molar-refractivity contribution in [3.63, 3.8) is 0 Å². The summed E-state index contributed by atoms with van der Waals surface area (Å²) < 4.78 is 33.8. The Morgan fingerprint density at radius 3 is 2.65 bits per heavy atom. The number of nitrogens with zero attached hydrogens (tertiary/aromatic N) is 1. The molecule has 1 atom stereocenters. The SMILES string of the molecule is CN(C)S(=O)(=O)NC1CC(C)(C)Oc2ccc(N)cc21. The summed E-state index contributed by atoms with van der Waals surface area (Å²) in [5, 5.41) is 0. The summed E-state index contributed by atoms with van der Waals surface area (Å²) >= 11 is 0. The van der Waals surface area contributed by atoms with E-state index >= 15 is 0 Å². The quantitative estimate of drug-likeness (QED) is 0.823. The molecule has 0 saturated heterocycles. The van der Waals surface area contributed by atoms with Crippen molar-refractivity contribution in [2.24, 2.45) is 0 Å². The van der Waals surface area contributed by atoms with Crippen molar-refractivity contribution in [1.29, 1.82) is 0 Å². The Labute approximate surface area is 120 Å². The zero-order chi connectivity index (χ0) is 15.1. The topological polar surface area (TPSA) is 84.7 Å². The zero-order valence-electron chi connectivity index (χ0n) is 12.2. The lowest BCUT2D eigenvalue weighted by atomic mass is 9.90. The highest BCUT2D eigenvalue weighted by atomic mass is 32.2. The maximum Gasteiger partial charge on any atom is 0.279 e. The van der Waals surface area contributed by atoms with Crippen LogP contribution in [-0.2, 0) is 10.2 Å². The third-order valence-corrected chi connectivity index (χ3v) is 4.81. The molecule has 0 bridgehead atoms. The lowest BCUT2D eigenvalue weighted by Gasteiger charge is -2.38. The molecule has 0 spiro atoms. The average Bonchev–Trinajstić information content (AvgIpc) is 2.28. The van der Waals surface area contributed by atoms with Crippen LogP contribution in [0.3, 0.4) is 0 Å². The van der Waals surface area contributed by atoms with Crippen molar-refractivity contribution in [2.45, 2.75) is 31.9 Å². The van der Waals surface area contributed by atoms with Crippen LogP contribution in [0, 0.1) is 0 Å². The molecule has 1 aromatic carbocycles. The predicted octanol–water partition coefficient (Wildman–Crippen LogP) is 1.27. The van der Waals surface area contributed by atoms with E-state index in [1.807, 2.05) is 13.8 Å². The van der Waals surface area contributed by atoms with Crippen LogP contribution in [0.5, 0.6) is 5.75 Å². The molecule has 0 amide bonds. The van der Waals surface area contributed by atoms with Crippen LogP contribution >= 0.6 is 0 Å². The summed E-state index contributed by atoms with van der Waals surface area (Å²) in [5.41, 5.74) is 6.71. The predicted molar refractivity (Wildman–Crippen MR) is 78.7 cm³/mol. The van der Waals surface area contributed by atoms with Crippen LogP contribution in [0.4, 0.5) is 5.69 Å². The summed E-state index contributed by atoms with van der Waals surface area (Å²) in [6.07, 6.45) is 0.538. The zero-order valence-corrected chi connectivity index (χ0v) is 13.0. The minimum atomic E-state index is -3.52. The van der Waals surface area contributed by atoms with E-state index in [0.717, 1.165) is 9.87 Å². The Kier molecular flexibility index (Phi) is 3.70. The molecule has 1 aliphatic heterocycles. The third-order valence-electron chi connectivity index (χ3n) is 3.26. The number of nitrogens with one attached hydrogen (secondary N) is 1. The van der Waals surface area contributed by atoms with E-state index in [-0.39, 0.29) is 6.04 Å². The molecular weight excluding hydrogens is 278 g/mol. The molecule has 2 rings (SSSR count). The minimum absolute atomic E-state index is 0.357. The molecule has 1 heterocycles. The summed E-state index contributed by atoms with van der Waals surface area (Å²) in [5.74, 6) is 0.668. The fourth-order valence-electron chi connectivity index (χ4n) is 2.26. The molecule has 0 aromatic heterocycles. The average molecular weight is 299 g/mol.